The van der Waals surface area contributed by atoms with Crippen LogP contribution in [0.2, 0.25) is 0 Å². The molecule has 1 aromatic carbocycles. The molecule has 0 spiro atoms. The van der Waals surface area contributed by atoms with Crippen molar-refractivity contribution in [2.75, 3.05) is 26.5 Å². The Morgan fingerprint density at radius 1 is 1.18 bits per heavy atom. The van der Waals surface area contributed by atoms with Gasteiger partial charge in [-0.25, -0.2) is 8.42 Å². The lowest BCUT2D eigenvalue weighted by Gasteiger charge is -2.11. The summed E-state index contributed by atoms with van der Waals surface area (Å²) in [5.41, 5.74) is 0. The maximum absolute atomic E-state index is 12.3. The molecule has 7 heteroatoms. The summed E-state index contributed by atoms with van der Waals surface area (Å²) >= 11 is 0. The normalized spacial score (nSPS) is 11.3. The molecule has 0 bridgehead atoms. The van der Waals surface area contributed by atoms with Crippen molar-refractivity contribution < 1.29 is 22.7 Å². The summed E-state index contributed by atoms with van der Waals surface area (Å²) in [6, 6.07) is 4.43. The molecule has 0 aliphatic heterocycles. The van der Waals surface area contributed by atoms with Crippen LogP contribution < -0.4 is 14.8 Å². The first kappa shape index (κ1) is 18.3. The molecule has 1 aromatic rings. The van der Waals surface area contributed by atoms with Crippen molar-refractivity contribution in [3.63, 3.8) is 0 Å². The van der Waals surface area contributed by atoms with Crippen molar-refractivity contribution in [2.24, 2.45) is 5.92 Å². The fourth-order valence-corrected chi connectivity index (χ4v) is 3.06. The van der Waals surface area contributed by atoms with Crippen LogP contribution in [0.5, 0.6) is 11.5 Å². The number of rotatable bonds is 8. The third-order valence-corrected chi connectivity index (χ3v) is 4.71. The number of amides is 1. The molecule has 0 saturated heterocycles. The molecular formula is C15H23NO5S. The van der Waals surface area contributed by atoms with Gasteiger partial charge in [-0.2, -0.15) is 0 Å². The summed E-state index contributed by atoms with van der Waals surface area (Å²) in [6.45, 7) is 3.95. The number of carbonyl (C=O) groups is 1. The van der Waals surface area contributed by atoms with Gasteiger partial charge in [-0.05, 0) is 18.1 Å². The first-order valence-electron chi connectivity index (χ1n) is 7.01. The molecule has 0 aliphatic carbocycles. The molecule has 0 atom stereocenters. The molecule has 0 aromatic heterocycles. The minimum Gasteiger partial charge on any atom is -0.493 e. The van der Waals surface area contributed by atoms with Gasteiger partial charge in [0.15, 0.2) is 21.3 Å². The van der Waals surface area contributed by atoms with Crippen LogP contribution in [0.25, 0.3) is 0 Å². The van der Waals surface area contributed by atoms with Gasteiger partial charge in [-0.1, -0.05) is 13.8 Å². The second-order valence-electron chi connectivity index (χ2n) is 5.28. The average molecular weight is 329 g/mol. The van der Waals surface area contributed by atoms with Crippen molar-refractivity contribution in [3.05, 3.63) is 18.2 Å². The molecule has 0 radical (unpaired) electrons. The van der Waals surface area contributed by atoms with E-state index in [1.54, 1.807) is 6.07 Å². The Hall–Kier alpha value is -1.76. The lowest BCUT2D eigenvalue weighted by Crippen LogP contribution is -2.29. The number of ether oxygens (including phenoxy) is 2. The predicted octanol–water partition coefficient (Wildman–Crippen LogP) is 1.64. The van der Waals surface area contributed by atoms with E-state index in [2.05, 4.69) is 5.32 Å². The number of hydrogen-bond donors (Lipinski definition) is 1. The van der Waals surface area contributed by atoms with Crippen LogP contribution in [0.4, 0.5) is 0 Å². The Morgan fingerprint density at radius 3 is 2.36 bits per heavy atom. The lowest BCUT2D eigenvalue weighted by molar-refractivity contribution is -0.121. The number of benzene rings is 1. The Balaban J connectivity index is 2.72. The van der Waals surface area contributed by atoms with E-state index in [9.17, 15) is 13.2 Å². The van der Waals surface area contributed by atoms with Gasteiger partial charge in [0.05, 0.1) is 24.9 Å². The van der Waals surface area contributed by atoms with Crippen LogP contribution in [0.3, 0.4) is 0 Å². The minimum absolute atomic E-state index is 0.0855. The molecule has 124 valence electrons. The molecule has 6 nitrogen and oxygen atoms in total. The second kappa shape index (κ2) is 8.03. The topological polar surface area (TPSA) is 81.7 Å². The van der Waals surface area contributed by atoms with Crippen molar-refractivity contribution in [1.29, 1.82) is 0 Å². The van der Waals surface area contributed by atoms with Gasteiger partial charge >= 0.3 is 0 Å². The van der Waals surface area contributed by atoms with E-state index in [-0.39, 0.29) is 29.0 Å². The molecule has 1 rings (SSSR count). The summed E-state index contributed by atoms with van der Waals surface area (Å²) in [5.74, 6) is 0.755. The van der Waals surface area contributed by atoms with Crippen molar-refractivity contribution in [3.8, 4) is 11.5 Å². The molecule has 0 fully saturated rings. The van der Waals surface area contributed by atoms with Gasteiger partial charge < -0.3 is 14.8 Å². The van der Waals surface area contributed by atoms with E-state index in [1.807, 2.05) is 13.8 Å². The third-order valence-electron chi connectivity index (χ3n) is 3.00. The predicted molar refractivity (Wildman–Crippen MR) is 84.1 cm³/mol. The SMILES string of the molecule is COc1ccc(S(=O)(=O)CCNC(=O)CC(C)C)cc1OC. The van der Waals surface area contributed by atoms with Gasteiger partial charge in [0.1, 0.15) is 0 Å². The van der Waals surface area contributed by atoms with Crippen LogP contribution >= 0.6 is 0 Å². The summed E-state index contributed by atoms with van der Waals surface area (Å²) < 4.78 is 34.7. The highest BCUT2D eigenvalue weighted by Crippen LogP contribution is 2.29. The van der Waals surface area contributed by atoms with Crippen LogP contribution in [-0.2, 0) is 14.6 Å². The Kier molecular flexibility index (Phi) is 6.67. The zero-order valence-electron chi connectivity index (χ0n) is 13.4. The largest absolute Gasteiger partial charge is 0.493 e. The average Bonchev–Trinajstić information content (AvgIpc) is 2.45. The van der Waals surface area contributed by atoms with Gasteiger partial charge in [-0.3, -0.25) is 4.79 Å². The highest BCUT2D eigenvalue weighted by molar-refractivity contribution is 7.91. The monoisotopic (exact) mass is 329 g/mol. The molecule has 0 saturated carbocycles. The molecule has 22 heavy (non-hydrogen) atoms. The quantitative estimate of drug-likeness (QED) is 0.784. The number of hydrogen-bond acceptors (Lipinski definition) is 5. The summed E-state index contributed by atoms with van der Waals surface area (Å²) in [6.07, 6.45) is 0.385. The van der Waals surface area contributed by atoms with Gasteiger partial charge in [0.25, 0.3) is 0 Å². The zero-order valence-corrected chi connectivity index (χ0v) is 14.2. The van der Waals surface area contributed by atoms with Crippen molar-refractivity contribution >= 4 is 15.7 Å². The first-order chi connectivity index (χ1) is 10.3. The maximum Gasteiger partial charge on any atom is 0.220 e. The smallest absolute Gasteiger partial charge is 0.220 e. The Morgan fingerprint density at radius 2 is 1.82 bits per heavy atom. The number of methoxy groups -OCH3 is 2. The highest BCUT2D eigenvalue weighted by Gasteiger charge is 2.17. The minimum atomic E-state index is -3.49. The van der Waals surface area contributed by atoms with Crippen LogP contribution in [0, 0.1) is 5.92 Å². The van der Waals surface area contributed by atoms with E-state index in [0.29, 0.717) is 17.9 Å². The number of sulfone groups is 1. The van der Waals surface area contributed by atoms with E-state index in [0.717, 1.165) is 0 Å². The fourth-order valence-electron chi connectivity index (χ4n) is 1.90. The highest BCUT2D eigenvalue weighted by atomic mass is 32.2. The number of carbonyl (C=O) groups excluding carboxylic acids is 1. The van der Waals surface area contributed by atoms with E-state index >= 15 is 0 Å². The standard InChI is InChI=1S/C15H23NO5S/c1-11(2)9-15(17)16-7-8-22(18,19)12-5-6-13(20-3)14(10-12)21-4/h5-6,10-11H,7-9H2,1-4H3,(H,16,17). The van der Waals surface area contributed by atoms with Crippen LogP contribution in [-0.4, -0.2) is 40.8 Å². The molecule has 0 aliphatic rings. The van der Waals surface area contributed by atoms with Gasteiger partial charge in [0.2, 0.25) is 5.91 Å². The van der Waals surface area contributed by atoms with Crippen molar-refractivity contribution in [1.82, 2.24) is 5.32 Å². The summed E-state index contributed by atoms with van der Waals surface area (Å²) in [7, 11) is -0.565. The summed E-state index contributed by atoms with van der Waals surface area (Å²) in [5, 5.41) is 2.62. The van der Waals surface area contributed by atoms with E-state index in [1.165, 1.54) is 26.4 Å². The van der Waals surface area contributed by atoms with E-state index in [4.69, 9.17) is 9.47 Å². The van der Waals surface area contributed by atoms with Gasteiger partial charge in [0, 0.05) is 19.0 Å². The zero-order chi connectivity index (χ0) is 16.8. The van der Waals surface area contributed by atoms with Crippen LogP contribution in [0.15, 0.2) is 23.1 Å². The van der Waals surface area contributed by atoms with Crippen LogP contribution in [0.1, 0.15) is 20.3 Å². The Labute approximate surface area is 131 Å². The number of nitrogens with one attached hydrogen (secondary N) is 1. The lowest BCUT2D eigenvalue weighted by atomic mass is 10.1. The van der Waals surface area contributed by atoms with Gasteiger partial charge in [-0.15, -0.1) is 0 Å². The molecule has 0 heterocycles. The molecule has 0 unspecified atom stereocenters. The first-order valence-corrected chi connectivity index (χ1v) is 8.67. The molecule has 1 amide bonds. The third kappa shape index (κ3) is 5.22. The Bertz CT molecular complexity index is 610. The second-order valence-corrected chi connectivity index (χ2v) is 7.39. The maximum atomic E-state index is 12.3. The fraction of sp³-hybridized carbons (Fsp3) is 0.533. The van der Waals surface area contributed by atoms with E-state index < -0.39 is 9.84 Å². The van der Waals surface area contributed by atoms with Crippen molar-refractivity contribution in [2.45, 2.75) is 25.2 Å². The summed E-state index contributed by atoms with van der Waals surface area (Å²) in [4.78, 5) is 11.7. The molecule has 1 N–H and O–H groups in total. The molecular weight excluding hydrogens is 306 g/mol.